The van der Waals surface area contributed by atoms with Crippen molar-refractivity contribution in [3.05, 3.63) is 59.7 Å². The number of anilines is 1. The van der Waals surface area contributed by atoms with E-state index in [1.807, 2.05) is 30.3 Å². The van der Waals surface area contributed by atoms with Gasteiger partial charge in [-0.2, -0.15) is 0 Å². The summed E-state index contributed by atoms with van der Waals surface area (Å²) >= 11 is 3.12. The fourth-order valence-electron chi connectivity index (χ4n) is 1.82. The van der Waals surface area contributed by atoms with Crippen LogP contribution in [0.15, 0.2) is 48.5 Å². The van der Waals surface area contributed by atoms with Crippen molar-refractivity contribution >= 4 is 33.8 Å². The molecule has 0 fully saturated rings. The van der Waals surface area contributed by atoms with E-state index >= 15 is 0 Å². The Hall–Kier alpha value is -2.14. The van der Waals surface area contributed by atoms with Crippen molar-refractivity contribution in [2.24, 2.45) is 0 Å². The van der Waals surface area contributed by atoms with Crippen molar-refractivity contribution in [1.82, 2.24) is 0 Å². The first-order valence-electron chi connectivity index (χ1n) is 6.34. The number of rotatable bonds is 7. The molecule has 0 atom stereocenters. The van der Waals surface area contributed by atoms with Gasteiger partial charge in [0.05, 0.1) is 11.0 Å². The topological polar surface area (TPSA) is 55.4 Å². The van der Waals surface area contributed by atoms with Gasteiger partial charge in [0.1, 0.15) is 12.4 Å². The Kier molecular flexibility index (Phi) is 5.51. The summed E-state index contributed by atoms with van der Waals surface area (Å²) in [6.07, 6.45) is 0.563. The summed E-state index contributed by atoms with van der Waals surface area (Å²) in [5.74, 6) is 0.468. The normalized spacial score (nSPS) is 9.95. The smallest absolute Gasteiger partial charge is 0.211 e. The van der Waals surface area contributed by atoms with E-state index in [2.05, 4.69) is 21.2 Å². The Morgan fingerprint density at radius 2 is 1.95 bits per heavy atom. The van der Waals surface area contributed by atoms with Gasteiger partial charge in [-0.15, -0.1) is 0 Å². The average Bonchev–Trinajstić information content (AvgIpc) is 2.54. The van der Waals surface area contributed by atoms with Crippen LogP contribution in [0.3, 0.4) is 0 Å². The minimum Gasteiger partial charge on any atom is -0.487 e. The van der Waals surface area contributed by atoms with Crippen molar-refractivity contribution in [2.45, 2.75) is 6.61 Å². The second-order valence-corrected chi connectivity index (χ2v) is 4.86. The number of carbonyl (C=O) groups excluding carboxylic acids is 2. The zero-order chi connectivity index (χ0) is 15.1. The van der Waals surface area contributed by atoms with E-state index in [0.29, 0.717) is 30.0 Å². The second-order valence-electron chi connectivity index (χ2n) is 4.30. The highest BCUT2D eigenvalue weighted by atomic mass is 79.9. The maximum atomic E-state index is 11.7. The molecule has 0 unspecified atom stereocenters. The average molecular weight is 348 g/mol. The number of ketones is 1. The number of benzene rings is 2. The lowest BCUT2D eigenvalue weighted by Crippen LogP contribution is -2.05. The molecule has 0 aliphatic heterocycles. The van der Waals surface area contributed by atoms with E-state index in [-0.39, 0.29) is 11.1 Å². The van der Waals surface area contributed by atoms with Gasteiger partial charge in [0.25, 0.3) is 0 Å². The molecule has 5 heteroatoms. The van der Waals surface area contributed by atoms with Crippen LogP contribution in [0, 0.1) is 0 Å². The van der Waals surface area contributed by atoms with Crippen molar-refractivity contribution in [3.8, 4) is 5.75 Å². The first kappa shape index (κ1) is 15.3. The molecule has 0 saturated carbocycles. The Balaban J connectivity index is 2.18. The maximum absolute atomic E-state index is 11.7. The van der Waals surface area contributed by atoms with Gasteiger partial charge in [-0.05, 0) is 23.8 Å². The third-order valence-corrected chi connectivity index (χ3v) is 3.38. The van der Waals surface area contributed by atoms with Crippen LogP contribution in [0.1, 0.15) is 15.9 Å². The molecule has 0 aliphatic carbocycles. The number of nitrogens with one attached hydrogen (secondary N) is 1. The van der Waals surface area contributed by atoms with Gasteiger partial charge in [0.2, 0.25) is 6.41 Å². The molecule has 0 radical (unpaired) electrons. The van der Waals surface area contributed by atoms with E-state index in [9.17, 15) is 9.59 Å². The monoisotopic (exact) mass is 347 g/mol. The van der Waals surface area contributed by atoms with Gasteiger partial charge in [-0.3, -0.25) is 9.59 Å². The predicted octanol–water partition coefficient (Wildman–Crippen LogP) is 3.41. The quantitative estimate of drug-likeness (QED) is 0.474. The Morgan fingerprint density at radius 1 is 1.19 bits per heavy atom. The zero-order valence-corrected chi connectivity index (χ0v) is 12.8. The molecule has 0 bridgehead atoms. The lowest BCUT2D eigenvalue weighted by atomic mass is 10.1. The van der Waals surface area contributed by atoms with Crippen LogP contribution < -0.4 is 10.1 Å². The minimum atomic E-state index is -0.0569. The van der Waals surface area contributed by atoms with Crippen LogP contribution in [-0.2, 0) is 11.4 Å². The number of carbonyl (C=O) groups is 2. The predicted molar refractivity (Wildman–Crippen MR) is 85.0 cm³/mol. The Bertz CT molecular complexity index is 629. The molecule has 108 valence electrons. The van der Waals surface area contributed by atoms with Crippen molar-refractivity contribution in [2.75, 3.05) is 10.6 Å². The van der Waals surface area contributed by atoms with Crippen LogP contribution in [0.25, 0.3) is 0 Å². The maximum Gasteiger partial charge on any atom is 0.211 e. The summed E-state index contributed by atoms with van der Waals surface area (Å²) in [5.41, 5.74) is 2.02. The molecular weight excluding hydrogens is 334 g/mol. The number of halogens is 1. The van der Waals surface area contributed by atoms with Crippen LogP contribution in [0.4, 0.5) is 5.69 Å². The van der Waals surface area contributed by atoms with E-state index in [0.717, 1.165) is 5.56 Å². The number of amides is 1. The lowest BCUT2D eigenvalue weighted by Gasteiger charge is -2.12. The molecule has 0 spiro atoms. The molecule has 21 heavy (non-hydrogen) atoms. The Morgan fingerprint density at radius 3 is 2.62 bits per heavy atom. The number of ether oxygens (including phenoxy) is 1. The summed E-state index contributed by atoms with van der Waals surface area (Å²) in [6, 6.07) is 14.7. The summed E-state index contributed by atoms with van der Waals surface area (Å²) in [6.45, 7) is 0.389. The third-order valence-electron chi connectivity index (χ3n) is 2.87. The molecule has 1 N–H and O–H groups in total. The van der Waals surface area contributed by atoms with E-state index < -0.39 is 0 Å². The minimum absolute atomic E-state index is 0.0569. The van der Waals surface area contributed by atoms with E-state index in [1.165, 1.54) is 0 Å². The summed E-state index contributed by atoms with van der Waals surface area (Å²) in [7, 11) is 0. The molecule has 0 aliphatic rings. The third kappa shape index (κ3) is 4.16. The summed E-state index contributed by atoms with van der Waals surface area (Å²) in [4.78, 5) is 22.3. The van der Waals surface area contributed by atoms with Crippen molar-refractivity contribution in [1.29, 1.82) is 0 Å². The first-order valence-corrected chi connectivity index (χ1v) is 7.47. The molecule has 2 rings (SSSR count). The van der Waals surface area contributed by atoms with Crippen LogP contribution in [0.5, 0.6) is 5.75 Å². The molecule has 2 aromatic rings. The van der Waals surface area contributed by atoms with Crippen molar-refractivity contribution in [3.63, 3.8) is 0 Å². The summed E-state index contributed by atoms with van der Waals surface area (Å²) in [5, 5.41) is 2.79. The van der Waals surface area contributed by atoms with Crippen LogP contribution >= 0.6 is 15.9 Å². The van der Waals surface area contributed by atoms with Gasteiger partial charge in [-0.25, -0.2) is 0 Å². The summed E-state index contributed by atoms with van der Waals surface area (Å²) < 4.78 is 5.70. The number of hydrogen-bond donors (Lipinski definition) is 1. The second kappa shape index (κ2) is 7.59. The largest absolute Gasteiger partial charge is 0.487 e. The van der Waals surface area contributed by atoms with E-state index in [1.54, 1.807) is 18.2 Å². The van der Waals surface area contributed by atoms with Crippen molar-refractivity contribution < 1.29 is 14.3 Å². The van der Waals surface area contributed by atoms with Gasteiger partial charge in [0.15, 0.2) is 5.78 Å². The van der Waals surface area contributed by atoms with Gasteiger partial charge >= 0.3 is 0 Å². The number of alkyl halides is 1. The molecule has 0 heterocycles. The molecule has 0 saturated heterocycles. The molecule has 2 aromatic carbocycles. The van der Waals surface area contributed by atoms with Gasteiger partial charge in [0, 0.05) is 5.56 Å². The van der Waals surface area contributed by atoms with E-state index in [4.69, 9.17) is 4.74 Å². The van der Waals surface area contributed by atoms with Gasteiger partial charge < -0.3 is 10.1 Å². The fourth-order valence-corrected chi connectivity index (χ4v) is 2.14. The zero-order valence-electron chi connectivity index (χ0n) is 11.2. The fraction of sp³-hybridized carbons (Fsp3) is 0.125. The molecule has 4 nitrogen and oxygen atoms in total. The number of Topliss-reactive ketones (excluding diaryl/α,β-unsaturated/α-hetero) is 1. The van der Waals surface area contributed by atoms with Crippen LogP contribution in [0.2, 0.25) is 0 Å². The molecule has 0 aromatic heterocycles. The highest BCUT2D eigenvalue weighted by Crippen LogP contribution is 2.26. The lowest BCUT2D eigenvalue weighted by molar-refractivity contribution is -0.105. The Labute approximate surface area is 131 Å². The first-order chi connectivity index (χ1) is 10.2. The molecule has 1 amide bonds. The standard InChI is InChI=1S/C16H14BrNO3/c17-9-15(20)13-6-7-16(14(8-13)18-11-19)21-10-12-4-2-1-3-5-12/h1-8,11H,9-10H2,(H,18,19). The molecular formula is C16H14BrNO3. The highest BCUT2D eigenvalue weighted by molar-refractivity contribution is 9.09. The van der Waals surface area contributed by atoms with Crippen LogP contribution in [-0.4, -0.2) is 17.5 Å². The van der Waals surface area contributed by atoms with Gasteiger partial charge in [-0.1, -0.05) is 46.3 Å². The number of hydrogen-bond acceptors (Lipinski definition) is 3. The SMILES string of the molecule is O=CNc1cc(C(=O)CBr)ccc1OCc1ccccc1. The highest BCUT2D eigenvalue weighted by Gasteiger charge is 2.09.